The number of ether oxygens (including phenoxy) is 1. The monoisotopic (exact) mass is 324 g/mol. The number of nitrogens with zero attached hydrogens (tertiary/aromatic N) is 1. The van der Waals surface area contributed by atoms with Gasteiger partial charge in [0.1, 0.15) is 5.00 Å². The molecule has 0 radical (unpaired) electrons. The smallest absolute Gasteiger partial charge is 0.341 e. The Bertz CT molecular complexity index is 519. The van der Waals surface area contributed by atoms with Gasteiger partial charge in [-0.2, -0.15) is 0 Å². The number of rotatable bonds is 5. The summed E-state index contributed by atoms with van der Waals surface area (Å²) in [7, 11) is 0. The summed E-state index contributed by atoms with van der Waals surface area (Å²) in [6.07, 6.45) is 4.80. The highest BCUT2D eigenvalue weighted by atomic mass is 32.1. The maximum atomic E-state index is 12.2. The van der Waals surface area contributed by atoms with Crippen LogP contribution >= 0.6 is 11.3 Å². The molecule has 5 nitrogen and oxygen atoms in total. The number of thiophene rings is 1. The Morgan fingerprint density at radius 1 is 1.27 bits per heavy atom. The number of hydrogen-bond acceptors (Lipinski definition) is 5. The van der Waals surface area contributed by atoms with E-state index >= 15 is 0 Å². The zero-order valence-corrected chi connectivity index (χ0v) is 14.1. The van der Waals surface area contributed by atoms with Gasteiger partial charge in [-0.3, -0.25) is 9.69 Å². The van der Waals surface area contributed by atoms with Crippen LogP contribution in [0.5, 0.6) is 0 Å². The molecule has 1 N–H and O–H groups in total. The van der Waals surface area contributed by atoms with Gasteiger partial charge in [-0.05, 0) is 45.8 Å². The molecule has 0 aromatic carbocycles. The molecule has 0 spiro atoms. The van der Waals surface area contributed by atoms with E-state index in [9.17, 15) is 9.59 Å². The Morgan fingerprint density at radius 3 is 2.59 bits per heavy atom. The van der Waals surface area contributed by atoms with Gasteiger partial charge in [-0.15, -0.1) is 11.3 Å². The molecule has 1 saturated heterocycles. The topological polar surface area (TPSA) is 58.6 Å². The van der Waals surface area contributed by atoms with Crippen LogP contribution in [0.1, 0.15) is 47.8 Å². The predicted molar refractivity (Wildman–Crippen MR) is 88.6 cm³/mol. The van der Waals surface area contributed by atoms with Crippen LogP contribution in [0, 0.1) is 6.92 Å². The SMILES string of the molecule is CCOC(=O)c1cc(C)sc1NC(=O)CN1CCCCCC1. The minimum absolute atomic E-state index is 0.0608. The first-order valence-corrected chi connectivity index (χ1v) is 8.71. The molecule has 22 heavy (non-hydrogen) atoms. The zero-order chi connectivity index (χ0) is 15.9. The Morgan fingerprint density at radius 2 is 1.95 bits per heavy atom. The molecule has 1 aromatic heterocycles. The highest BCUT2D eigenvalue weighted by molar-refractivity contribution is 7.16. The molecule has 2 heterocycles. The quantitative estimate of drug-likeness (QED) is 0.846. The van der Waals surface area contributed by atoms with Gasteiger partial charge in [0.2, 0.25) is 5.91 Å². The van der Waals surface area contributed by atoms with Crippen LogP contribution in [-0.4, -0.2) is 43.0 Å². The van der Waals surface area contributed by atoms with Crippen LogP contribution in [-0.2, 0) is 9.53 Å². The zero-order valence-electron chi connectivity index (χ0n) is 13.3. The molecule has 0 bridgehead atoms. The van der Waals surface area contributed by atoms with Gasteiger partial charge in [0, 0.05) is 4.88 Å². The second-order valence-corrected chi connectivity index (χ2v) is 6.82. The molecule has 122 valence electrons. The van der Waals surface area contributed by atoms with Gasteiger partial charge in [-0.25, -0.2) is 4.79 Å². The number of carbonyl (C=O) groups is 2. The van der Waals surface area contributed by atoms with E-state index in [1.165, 1.54) is 24.2 Å². The van der Waals surface area contributed by atoms with Crippen molar-refractivity contribution in [1.82, 2.24) is 4.90 Å². The van der Waals surface area contributed by atoms with Crippen molar-refractivity contribution in [3.63, 3.8) is 0 Å². The lowest BCUT2D eigenvalue weighted by atomic mass is 10.2. The summed E-state index contributed by atoms with van der Waals surface area (Å²) in [6, 6.07) is 1.77. The van der Waals surface area contributed by atoms with Crippen molar-refractivity contribution in [2.24, 2.45) is 0 Å². The molecular formula is C16H24N2O3S. The number of anilines is 1. The normalized spacial score (nSPS) is 16.1. The Hall–Kier alpha value is -1.40. The minimum Gasteiger partial charge on any atom is -0.462 e. The number of likely N-dealkylation sites (tertiary alicyclic amines) is 1. The summed E-state index contributed by atoms with van der Waals surface area (Å²) in [5.74, 6) is -0.439. The number of aryl methyl sites for hydroxylation is 1. The summed E-state index contributed by atoms with van der Waals surface area (Å²) >= 11 is 1.41. The van der Waals surface area contributed by atoms with Crippen LogP contribution in [0.2, 0.25) is 0 Å². The molecule has 0 atom stereocenters. The lowest BCUT2D eigenvalue weighted by Gasteiger charge is -2.18. The summed E-state index contributed by atoms with van der Waals surface area (Å²) in [5.41, 5.74) is 0.452. The lowest BCUT2D eigenvalue weighted by molar-refractivity contribution is -0.117. The third-order valence-electron chi connectivity index (χ3n) is 3.67. The van der Waals surface area contributed by atoms with Crippen LogP contribution < -0.4 is 5.32 Å². The van der Waals surface area contributed by atoms with Crippen molar-refractivity contribution in [2.45, 2.75) is 39.5 Å². The van der Waals surface area contributed by atoms with Gasteiger partial charge in [0.25, 0.3) is 0 Å². The van der Waals surface area contributed by atoms with E-state index in [2.05, 4.69) is 10.2 Å². The molecule has 1 amide bonds. The molecule has 1 aliphatic heterocycles. The van der Waals surface area contributed by atoms with Crippen LogP contribution in [0.3, 0.4) is 0 Å². The number of esters is 1. The van der Waals surface area contributed by atoms with E-state index in [-0.39, 0.29) is 11.9 Å². The fourth-order valence-electron chi connectivity index (χ4n) is 2.63. The number of amides is 1. The molecule has 0 unspecified atom stereocenters. The van der Waals surface area contributed by atoms with E-state index in [0.29, 0.717) is 23.7 Å². The van der Waals surface area contributed by atoms with Crippen molar-refractivity contribution in [1.29, 1.82) is 0 Å². The molecule has 0 saturated carbocycles. The highest BCUT2D eigenvalue weighted by Gasteiger charge is 2.19. The van der Waals surface area contributed by atoms with Crippen LogP contribution in [0.15, 0.2) is 6.07 Å². The number of nitrogens with one attached hydrogen (secondary N) is 1. The van der Waals surface area contributed by atoms with Gasteiger partial charge >= 0.3 is 5.97 Å². The highest BCUT2D eigenvalue weighted by Crippen LogP contribution is 2.28. The van der Waals surface area contributed by atoms with E-state index in [1.807, 2.05) is 6.92 Å². The van der Waals surface area contributed by atoms with Crippen molar-refractivity contribution >= 4 is 28.2 Å². The van der Waals surface area contributed by atoms with E-state index < -0.39 is 0 Å². The summed E-state index contributed by atoms with van der Waals surface area (Å²) in [4.78, 5) is 27.3. The first-order chi connectivity index (χ1) is 10.6. The summed E-state index contributed by atoms with van der Waals surface area (Å²) < 4.78 is 5.04. The number of hydrogen-bond donors (Lipinski definition) is 1. The average molecular weight is 324 g/mol. The lowest BCUT2D eigenvalue weighted by Crippen LogP contribution is -2.34. The number of carbonyl (C=O) groups excluding carboxylic acids is 2. The van der Waals surface area contributed by atoms with E-state index in [0.717, 1.165) is 30.8 Å². The molecule has 0 aliphatic carbocycles. The van der Waals surface area contributed by atoms with E-state index in [4.69, 9.17) is 4.74 Å². The fourth-order valence-corrected chi connectivity index (χ4v) is 3.55. The van der Waals surface area contributed by atoms with Crippen molar-refractivity contribution in [3.05, 3.63) is 16.5 Å². The maximum absolute atomic E-state index is 12.2. The van der Waals surface area contributed by atoms with Crippen molar-refractivity contribution in [3.8, 4) is 0 Å². The summed E-state index contributed by atoms with van der Waals surface area (Å²) in [5, 5.41) is 3.47. The molecule has 1 aromatic rings. The largest absolute Gasteiger partial charge is 0.462 e. The molecule has 6 heteroatoms. The van der Waals surface area contributed by atoms with Crippen molar-refractivity contribution in [2.75, 3.05) is 31.6 Å². The van der Waals surface area contributed by atoms with Crippen LogP contribution in [0.4, 0.5) is 5.00 Å². The fraction of sp³-hybridized carbons (Fsp3) is 0.625. The first-order valence-electron chi connectivity index (χ1n) is 7.90. The minimum atomic E-state index is -0.378. The molecule has 2 rings (SSSR count). The van der Waals surface area contributed by atoms with Gasteiger partial charge in [-0.1, -0.05) is 12.8 Å². The van der Waals surface area contributed by atoms with Gasteiger partial charge in [0.15, 0.2) is 0 Å². The second-order valence-electron chi connectivity index (χ2n) is 5.56. The first kappa shape index (κ1) is 17.0. The summed E-state index contributed by atoms with van der Waals surface area (Å²) in [6.45, 7) is 6.35. The Labute approximate surface area is 135 Å². The molecule has 1 fully saturated rings. The Kier molecular flexibility index (Phi) is 6.39. The van der Waals surface area contributed by atoms with Crippen molar-refractivity contribution < 1.29 is 14.3 Å². The van der Waals surface area contributed by atoms with E-state index in [1.54, 1.807) is 13.0 Å². The second kappa shape index (κ2) is 8.29. The standard InChI is InChI=1S/C16H24N2O3S/c1-3-21-16(20)13-10-12(2)22-15(13)17-14(19)11-18-8-6-4-5-7-9-18/h10H,3-9,11H2,1-2H3,(H,17,19). The van der Waals surface area contributed by atoms with Gasteiger partial charge in [0.05, 0.1) is 18.7 Å². The predicted octanol–water partition coefficient (Wildman–Crippen LogP) is 3.05. The third-order valence-corrected chi connectivity index (χ3v) is 4.64. The maximum Gasteiger partial charge on any atom is 0.341 e. The molecular weight excluding hydrogens is 300 g/mol. The third kappa shape index (κ3) is 4.81. The average Bonchev–Trinajstić information content (AvgIpc) is 2.67. The Balaban J connectivity index is 1.97. The van der Waals surface area contributed by atoms with Gasteiger partial charge < -0.3 is 10.1 Å². The van der Waals surface area contributed by atoms with Crippen LogP contribution in [0.25, 0.3) is 0 Å². The molecule has 1 aliphatic rings.